The minimum Gasteiger partial charge on any atom is -0.496 e. The van der Waals surface area contributed by atoms with E-state index in [0.29, 0.717) is 23.8 Å². The van der Waals surface area contributed by atoms with Crippen LogP contribution in [0.15, 0.2) is 36.4 Å². The summed E-state index contributed by atoms with van der Waals surface area (Å²) < 4.78 is 20.6. The van der Waals surface area contributed by atoms with Gasteiger partial charge >= 0.3 is 5.97 Å². The summed E-state index contributed by atoms with van der Waals surface area (Å²) in [5, 5.41) is 2.83. The van der Waals surface area contributed by atoms with Gasteiger partial charge in [-0.1, -0.05) is 17.7 Å². The first-order valence-electron chi connectivity index (χ1n) is 8.69. The molecular weight excluding hydrogens is 398 g/mol. The maximum absolute atomic E-state index is 12.3. The van der Waals surface area contributed by atoms with Crippen molar-refractivity contribution in [3.05, 3.63) is 52.6 Å². The number of hydrogen-bond acceptors (Lipinski definition) is 6. The van der Waals surface area contributed by atoms with Crippen LogP contribution in [0.5, 0.6) is 17.2 Å². The number of halogens is 1. The molecule has 0 bridgehead atoms. The predicted octanol–water partition coefficient (Wildman–Crippen LogP) is 4.19. The fraction of sp³-hybridized carbons (Fsp3) is 0.238. The van der Waals surface area contributed by atoms with Crippen LogP contribution >= 0.6 is 11.6 Å². The molecule has 0 aliphatic heterocycles. The molecule has 2 aromatic rings. The Morgan fingerprint density at radius 3 is 2.38 bits per heavy atom. The van der Waals surface area contributed by atoms with Crippen molar-refractivity contribution >= 4 is 35.2 Å². The predicted molar refractivity (Wildman–Crippen MR) is 111 cm³/mol. The van der Waals surface area contributed by atoms with Gasteiger partial charge in [-0.2, -0.15) is 0 Å². The monoisotopic (exact) mass is 419 g/mol. The lowest BCUT2D eigenvalue weighted by Gasteiger charge is -2.11. The van der Waals surface area contributed by atoms with E-state index in [4.69, 9.17) is 25.8 Å². The molecule has 29 heavy (non-hydrogen) atoms. The van der Waals surface area contributed by atoms with Gasteiger partial charge in [0.1, 0.15) is 11.3 Å². The van der Waals surface area contributed by atoms with Crippen molar-refractivity contribution in [2.24, 2.45) is 0 Å². The summed E-state index contributed by atoms with van der Waals surface area (Å²) in [4.78, 5) is 24.1. The number of carbonyl (C=O) groups excluding carboxylic acids is 2. The number of rotatable bonds is 8. The molecule has 0 aliphatic carbocycles. The Morgan fingerprint density at radius 2 is 1.76 bits per heavy atom. The Balaban J connectivity index is 2.17. The highest BCUT2D eigenvalue weighted by atomic mass is 35.5. The number of hydrogen-bond donors (Lipinski definition) is 1. The number of methoxy groups -OCH3 is 3. The van der Waals surface area contributed by atoms with Crippen molar-refractivity contribution in [3.8, 4) is 17.2 Å². The van der Waals surface area contributed by atoms with E-state index >= 15 is 0 Å². The quantitative estimate of drug-likeness (QED) is 0.510. The highest BCUT2D eigenvalue weighted by Crippen LogP contribution is 2.32. The van der Waals surface area contributed by atoms with Crippen LogP contribution in [0.1, 0.15) is 22.8 Å². The number of amides is 1. The third-order valence-electron chi connectivity index (χ3n) is 3.87. The van der Waals surface area contributed by atoms with Gasteiger partial charge in [0.15, 0.2) is 11.5 Å². The highest BCUT2D eigenvalue weighted by Gasteiger charge is 2.17. The smallest absolute Gasteiger partial charge is 0.341 e. The third kappa shape index (κ3) is 5.65. The molecular formula is C21H22ClNO6. The van der Waals surface area contributed by atoms with Gasteiger partial charge in [0.25, 0.3) is 0 Å². The molecule has 0 aromatic heterocycles. The van der Waals surface area contributed by atoms with E-state index in [0.717, 1.165) is 5.56 Å². The number of benzene rings is 2. The lowest BCUT2D eigenvalue weighted by atomic mass is 10.1. The van der Waals surface area contributed by atoms with Crippen molar-refractivity contribution in [1.82, 2.24) is 0 Å². The van der Waals surface area contributed by atoms with Gasteiger partial charge < -0.3 is 24.3 Å². The van der Waals surface area contributed by atoms with E-state index in [2.05, 4.69) is 10.1 Å². The van der Waals surface area contributed by atoms with E-state index in [1.807, 2.05) is 6.92 Å². The number of carbonyl (C=O) groups is 2. The summed E-state index contributed by atoms with van der Waals surface area (Å²) in [6.45, 7) is 2.41. The molecule has 0 fully saturated rings. The molecule has 0 atom stereocenters. The van der Waals surface area contributed by atoms with Crippen LogP contribution in [0.3, 0.4) is 0 Å². The van der Waals surface area contributed by atoms with E-state index < -0.39 is 11.9 Å². The molecule has 0 radical (unpaired) electrons. The van der Waals surface area contributed by atoms with Crippen LogP contribution < -0.4 is 19.5 Å². The minimum absolute atomic E-state index is 0.162. The Morgan fingerprint density at radius 1 is 1.03 bits per heavy atom. The van der Waals surface area contributed by atoms with Gasteiger partial charge in [-0.25, -0.2) is 4.79 Å². The molecule has 154 valence electrons. The topological polar surface area (TPSA) is 83.1 Å². The number of esters is 1. The zero-order valence-corrected chi connectivity index (χ0v) is 17.3. The number of anilines is 1. The zero-order chi connectivity index (χ0) is 21.4. The molecule has 8 heteroatoms. The third-order valence-corrected chi connectivity index (χ3v) is 4.18. The first-order valence-corrected chi connectivity index (χ1v) is 9.07. The van der Waals surface area contributed by atoms with Crippen LogP contribution in [0.4, 0.5) is 5.69 Å². The van der Waals surface area contributed by atoms with Crippen LogP contribution in [0.25, 0.3) is 6.08 Å². The highest BCUT2D eigenvalue weighted by molar-refractivity contribution is 6.34. The fourth-order valence-electron chi connectivity index (χ4n) is 2.50. The minimum atomic E-state index is -0.592. The summed E-state index contributed by atoms with van der Waals surface area (Å²) in [5.41, 5.74) is 1.22. The average Bonchev–Trinajstić information content (AvgIpc) is 2.73. The van der Waals surface area contributed by atoms with Crippen molar-refractivity contribution in [2.75, 3.05) is 33.3 Å². The van der Waals surface area contributed by atoms with E-state index in [-0.39, 0.29) is 16.3 Å². The molecule has 0 saturated heterocycles. The van der Waals surface area contributed by atoms with Gasteiger partial charge in [-0.3, -0.25) is 4.79 Å². The van der Waals surface area contributed by atoms with E-state index in [1.165, 1.54) is 32.4 Å². The van der Waals surface area contributed by atoms with E-state index in [9.17, 15) is 9.59 Å². The number of nitrogens with one attached hydrogen (secondary N) is 1. The van der Waals surface area contributed by atoms with Crippen LogP contribution in [-0.2, 0) is 9.53 Å². The Kier molecular flexibility index (Phi) is 7.91. The Bertz CT molecular complexity index is 926. The summed E-state index contributed by atoms with van der Waals surface area (Å²) in [6, 6.07) is 8.17. The summed E-state index contributed by atoms with van der Waals surface area (Å²) in [6.07, 6.45) is 2.98. The van der Waals surface area contributed by atoms with Gasteiger partial charge in [-0.15, -0.1) is 0 Å². The molecule has 1 N–H and O–H groups in total. The molecule has 2 rings (SSSR count). The molecule has 7 nitrogen and oxygen atoms in total. The van der Waals surface area contributed by atoms with Crippen LogP contribution in [0.2, 0.25) is 5.02 Å². The zero-order valence-electron chi connectivity index (χ0n) is 16.6. The molecule has 0 unspecified atom stereocenters. The normalized spacial score (nSPS) is 10.5. The van der Waals surface area contributed by atoms with Gasteiger partial charge in [0, 0.05) is 12.1 Å². The second-order valence-corrected chi connectivity index (χ2v) is 6.10. The molecule has 2 aromatic carbocycles. The second kappa shape index (κ2) is 10.4. The maximum atomic E-state index is 12.3. The first kappa shape index (κ1) is 22.1. The maximum Gasteiger partial charge on any atom is 0.341 e. The molecule has 1 amide bonds. The first-order chi connectivity index (χ1) is 13.9. The molecule has 0 aliphatic rings. The Hall–Kier alpha value is -3.19. The molecule has 0 spiro atoms. The van der Waals surface area contributed by atoms with Crippen molar-refractivity contribution in [2.45, 2.75) is 6.92 Å². The standard InChI is InChI=1S/C21H22ClNO6/c1-5-29-17-8-6-13(10-19(17)27-3)7-9-20(24)23-16-12-18(26-2)14(11-15(16)22)21(25)28-4/h6-12H,5H2,1-4H3,(H,23,24). The lowest BCUT2D eigenvalue weighted by molar-refractivity contribution is -0.111. The van der Waals surface area contributed by atoms with E-state index in [1.54, 1.807) is 31.4 Å². The van der Waals surface area contributed by atoms with Crippen LogP contribution in [-0.4, -0.2) is 39.8 Å². The second-order valence-electron chi connectivity index (χ2n) is 5.69. The van der Waals surface area contributed by atoms with Crippen molar-refractivity contribution in [3.63, 3.8) is 0 Å². The van der Waals surface area contributed by atoms with Gasteiger partial charge in [0.05, 0.1) is 38.6 Å². The molecule has 0 heterocycles. The summed E-state index contributed by atoms with van der Waals surface area (Å²) >= 11 is 6.17. The van der Waals surface area contributed by atoms with Gasteiger partial charge in [-0.05, 0) is 36.8 Å². The average molecular weight is 420 g/mol. The SMILES string of the molecule is CCOc1ccc(C=CC(=O)Nc2cc(OC)c(C(=O)OC)cc2Cl)cc1OC. The molecule has 0 saturated carbocycles. The van der Waals surface area contributed by atoms with Crippen LogP contribution in [0, 0.1) is 0 Å². The van der Waals surface area contributed by atoms with Gasteiger partial charge in [0.2, 0.25) is 5.91 Å². The Labute approximate surface area is 174 Å². The summed E-state index contributed by atoms with van der Waals surface area (Å²) in [7, 11) is 4.21. The number of ether oxygens (including phenoxy) is 4. The lowest BCUT2D eigenvalue weighted by Crippen LogP contribution is -2.10. The van der Waals surface area contributed by atoms with Crippen molar-refractivity contribution in [1.29, 1.82) is 0 Å². The fourth-order valence-corrected chi connectivity index (χ4v) is 2.71. The summed E-state index contributed by atoms with van der Waals surface area (Å²) in [5.74, 6) is 0.428. The largest absolute Gasteiger partial charge is 0.496 e. The van der Waals surface area contributed by atoms with Crippen molar-refractivity contribution < 1.29 is 28.5 Å².